The maximum absolute atomic E-state index is 13.3. The molecule has 1 aromatic rings. The van der Waals surface area contributed by atoms with Gasteiger partial charge < -0.3 is 14.4 Å². The van der Waals surface area contributed by atoms with E-state index in [9.17, 15) is 14.4 Å². The standard InChI is InChI=1S/C22H30N2O5/c1-3-28-19(25)18-10-14-23(15-11-18)20(26)22(2)12-7-13-24(22)21(27)29-16-17-8-5-4-6-9-17/h4-6,8-9,18H,3,7,10-16H2,1-2H3. The number of likely N-dealkylation sites (tertiary alicyclic amines) is 2. The zero-order chi connectivity index (χ0) is 20.9. The van der Waals surface area contributed by atoms with Crippen LogP contribution in [0.3, 0.4) is 0 Å². The van der Waals surface area contributed by atoms with Crippen molar-refractivity contribution in [1.29, 1.82) is 0 Å². The Morgan fingerprint density at radius 2 is 1.76 bits per heavy atom. The second kappa shape index (κ2) is 9.29. The molecule has 2 aliphatic rings. The first-order valence-electron chi connectivity index (χ1n) is 10.4. The Morgan fingerprint density at radius 3 is 2.41 bits per heavy atom. The molecule has 1 unspecified atom stereocenters. The van der Waals surface area contributed by atoms with Crippen LogP contribution in [0, 0.1) is 5.92 Å². The minimum atomic E-state index is -0.898. The van der Waals surface area contributed by atoms with Crippen molar-refractivity contribution in [3.05, 3.63) is 35.9 Å². The van der Waals surface area contributed by atoms with E-state index in [1.165, 1.54) is 0 Å². The molecule has 2 heterocycles. The van der Waals surface area contributed by atoms with Crippen molar-refractivity contribution in [3.8, 4) is 0 Å². The number of rotatable bonds is 5. The molecule has 158 valence electrons. The highest BCUT2D eigenvalue weighted by atomic mass is 16.6. The minimum Gasteiger partial charge on any atom is -0.466 e. The third-order valence-electron chi connectivity index (χ3n) is 5.93. The van der Waals surface area contributed by atoms with Gasteiger partial charge in [-0.3, -0.25) is 14.5 Å². The van der Waals surface area contributed by atoms with Crippen LogP contribution in [0.25, 0.3) is 0 Å². The lowest BCUT2D eigenvalue weighted by Crippen LogP contribution is -2.58. The number of ether oxygens (including phenoxy) is 2. The number of benzene rings is 1. The lowest BCUT2D eigenvalue weighted by Gasteiger charge is -2.40. The number of esters is 1. The van der Waals surface area contributed by atoms with E-state index in [4.69, 9.17) is 9.47 Å². The summed E-state index contributed by atoms with van der Waals surface area (Å²) in [5, 5.41) is 0. The molecule has 2 saturated heterocycles. The van der Waals surface area contributed by atoms with Gasteiger partial charge in [0.15, 0.2) is 0 Å². The minimum absolute atomic E-state index is 0.0611. The molecule has 0 spiro atoms. The van der Waals surface area contributed by atoms with Gasteiger partial charge in [0.1, 0.15) is 12.1 Å². The summed E-state index contributed by atoms with van der Waals surface area (Å²) in [6, 6.07) is 9.50. The summed E-state index contributed by atoms with van der Waals surface area (Å²) < 4.78 is 10.6. The SMILES string of the molecule is CCOC(=O)C1CCN(C(=O)C2(C)CCCN2C(=O)OCc2ccccc2)CC1. The van der Waals surface area contributed by atoms with Crippen molar-refractivity contribution in [2.75, 3.05) is 26.2 Å². The topological polar surface area (TPSA) is 76.2 Å². The van der Waals surface area contributed by atoms with Gasteiger partial charge in [0.05, 0.1) is 12.5 Å². The fraction of sp³-hybridized carbons (Fsp3) is 0.591. The Kier molecular flexibility index (Phi) is 6.77. The number of amides is 2. The molecule has 0 aromatic heterocycles. The maximum atomic E-state index is 13.3. The Hall–Kier alpha value is -2.57. The van der Waals surface area contributed by atoms with Gasteiger partial charge in [0.2, 0.25) is 5.91 Å². The molecule has 0 radical (unpaired) electrons. The summed E-state index contributed by atoms with van der Waals surface area (Å²) >= 11 is 0. The maximum Gasteiger partial charge on any atom is 0.410 e. The average Bonchev–Trinajstić information content (AvgIpc) is 3.15. The lowest BCUT2D eigenvalue weighted by atomic mass is 9.92. The molecule has 2 amide bonds. The molecule has 29 heavy (non-hydrogen) atoms. The van der Waals surface area contributed by atoms with E-state index in [-0.39, 0.29) is 24.4 Å². The quantitative estimate of drug-likeness (QED) is 0.708. The van der Waals surface area contributed by atoms with Gasteiger partial charge in [0.25, 0.3) is 0 Å². The molecule has 1 atom stereocenters. The summed E-state index contributed by atoms with van der Waals surface area (Å²) in [4.78, 5) is 41.3. The Bertz CT molecular complexity index is 730. The first kappa shape index (κ1) is 21.1. The normalized spacial score (nSPS) is 22.4. The van der Waals surface area contributed by atoms with Crippen LogP contribution in [-0.4, -0.2) is 59.5 Å². The Balaban J connectivity index is 1.58. The molecular formula is C22H30N2O5. The summed E-state index contributed by atoms with van der Waals surface area (Å²) in [6.07, 6.45) is 2.12. The van der Waals surface area contributed by atoms with Crippen LogP contribution in [0.1, 0.15) is 45.1 Å². The highest BCUT2D eigenvalue weighted by Crippen LogP contribution is 2.33. The van der Waals surface area contributed by atoms with Crippen molar-refractivity contribution in [2.45, 2.75) is 51.7 Å². The van der Waals surface area contributed by atoms with E-state index in [0.29, 0.717) is 45.5 Å². The van der Waals surface area contributed by atoms with Crippen molar-refractivity contribution in [1.82, 2.24) is 9.80 Å². The molecule has 2 aliphatic heterocycles. The van der Waals surface area contributed by atoms with Crippen LogP contribution in [0.15, 0.2) is 30.3 Å². The van der Waals surface area contributed by atoms with E-state index in [1.54, 1.807) is 16.7 Å². The molecule has 3 rings (SSSR count). The second-order valence-electron chi connectivity index (χ2n) is 7.89. The first-order chi connectivity index (χ1) is 14.0. The van der Waals surface area contributed by atoms with Crippen LogP contribution in [0.2, 0.25) is 0 Å². The van der Waals surface area contributed by atoms with E-state index in [0.717, 1.165) is 12.0 Å². The molecule has 0 saturated carbocycles. The van der Waals surface area contributed by atoms with Gasteiger partial charge in [-0.05, 0) is 45.1 Å². The van der Waals surface area contributed by atoms with E-state index in [1.807, 2.05) is 37.3 Å². The average molecular weight is 402 g/mol. The van der Waals surface area contributed by atoms with Crippen LogP contribution < -0.4 is 0 Å². The third-order valence-corrected chi connectivity index (χ3v) is 5.93. The van der Waals surface area contributed by atoms with Crippen molar-refractivity contribution < 1.29 is 23.9 Å². The fourth-order valence-electron chi connectivity index (χ4n) is 4.19. The summed E-state index contributed by atoms with van der Waals surface area (Å²) in [5.74, 6) is -0.394. The smallest absolute Gasteiger partial charge is 0.410 e. The molecule has 0 bridgehead atoms. The van der Waals surface area contributed by atoms with E-state index in [2.05, 4.69) is 0 Å². The van der Waals surface area contributed by atoms with Gasteiger partial charge in [-0.15, -0.1) is 0 Å². The highest BCUT2D eigenvalue weighted by Gasteiger charge is 2.49. The number of hydrogen-bond acceptors (Lipinski definition) is 5. The van der Waals surface area contributed by atoms with Crippen molar-refractivity contribution in [2.24, 2.45) is 5.92 Å². The monoisotopic (exact) mass is 402 g/mol. The zero-order valence-electron chi connectivity index (χ0n) is 17.3. The zero-order valence-corrected chi connectivity index (χ0v) is 17.3. The summed E-state index contributed by atoms with van der Waals surface area (Å²) in [5.41, 5.74) is 0.0129. The predicted molar refractivity (Wildman–Crippen MR) is 107 cm³/mol. The van der Waals surface area contributed by atoms with Crippen LogP contribution in [0.4, 0.5) is 4.79 Å². The fourth-order valence-corrected chi connectivity index (χ4v) is 4.19. The number of carbonyl (C=O) groups excluding carboxylic acids is 3. The van der Waals surface area contributed by atoms with Gasteiger partial charge >= 0.3 is 12.1 Å². The van der Waals surface area contributed by atoms with Crippen LogP contribution in [0.5, 0.6) is 0 Å². The van der Waals surface area contributed by atoms with E-state index >= 15 is 0 Å². The van der Waals surface area contributed by atoms with Gasteiger partial charge in [-0.1, -0.05) is 30.3 Å². The van der Waals surface area contributed by atoms with Gasteiger partial charge in [-0.25, -0.2) is 4.79 Å². The van der Waals surface area contributed by atoms with E-state index < -0.39 is 11.6 Å². The highest BCUT2D eigenvalue weighted by molar-refractivity contribution is 5.90. The molecular weight excluding hydrogens is 372 g/mol. The predicted octanol–water partition coefficient (Wildman–Crippen LogP) is 2.98. The number of hydrogen-bond donors (Lipinski definition) is 0. The molecule has 7 heteroatoms. The molecule has 2 fully saturated rings. The van der Waals surface area contributed by atoms with Crippen LogP contribution >= 0.6 is 0 Å². The Morgan fingerprint density at radius 1 is 1.07 bits per heavy atom. The summed E-state index contributed by atoms with van der Waals surface area (Å²) in [7, 11) is 0. The lowest BCUT2D eigenvalue weighted by molar-refractivity contribution is -0.153. The molecule has 0 N–H and O–H groups in total. The van der Waals surface area contributed by atoms with Crippen molar-refractivity contribution in [3.63, 3.8) is 0 Å². The second-order valence-corrected chi connectivity index (χ2v) is 7.89. The van der Waals surface area contributed by atoms with Crippen molar-refractivity contribution >= 4 is 18.0 Å². The summed E-state index contributed by atoms with van der Waals surface area (Å²) in [6.45, 7) is 5.69. The number of carbonyl (C=O) groups is 3. The van der Waals surface area contributed by atoms with Gasteiger partial charge in [0, 0.05) is 19.6 Å². The molecule has 7 nitrogen and oxygen atoms in total. The molecule has 1 aromatic carbocycles. The first-order valence-corrected chi connectivity index (χ1v) is 10.4. The van der Waals surface area contributed by atoms with Crippen LogP contribution in [-0.2, 0) is 25.7 Å². The third kappa shape index (κ3) is 4.71. The molecule has 0 aliphatic carbocycles. The number of nitrogens with zero attached hydrogens (tertiary/aromatic N) is 2. The Labute approximate surface area is 171 Å². The largest absolute Gasteiger partial charge is 0.466 e. The number of piperidine rings is 1. The van der Waals surface area contributed by atoms with Gasteiger partial charge in [-0.2, -0.15) is 0 Å².